The van der Waals surface area contributed by atoms with E-state index in [0.29, 0.717) is 17.8 Å². The summed E-state index contributed by atoms with van der Waals surface area (Å²) < 4.78 is 1.25. The minimum atomic E-state index is -0.267. The van der Waals surface area contributed by atoms with Gasteiger partial charge >= 0.3 is 0 Å². The first kappa shape index (κ1) is 17.0. The van der Waals surface area contributed by atoms with Crippen LogP contribution >= 0.6 is 11.6 Å². The van der Waals surface area contributed by atoms with E-state index in [9.17, 15) is 4.79 Å². The van der Waals surface area contributed by atoms with Gasteiger partial charge in [0.1, 0.15) is 5.02 Å². The molecule has 3 rings (SSSR count). The third kappa shape index (κ3) is 3.79. The average molecular weight is 347 g/mol. The molecule has 1 aliphatic heterocycles. The molecular formula is C18H23ClN4O. The number of hydrogen-bond acceptors (Lipinski definition) is 4. The predicted octanol–water partition coefficient (Wildman–Crippen LogP) is 2.90. The number of halogens is 1. The molecule has 6 heteroatoms. The zero-order valence-electron chi connectivity index (χ0n) is 14.1. The van der Waals surface area contributed by atoms with Gasteiger partial charge < -0.3 is 5.32 Å². The Morgan fingerprint density at radius 2 is 2.08 bits per heavy atom. The van der Waals surface area contributed by atoms with Crippen molar-refractivity contribution in [3.8, 4) is 0 Å². The van der Waals surface area contributed by atoms with Gasteiger partial charge in [-0.25, -0.2) is 4.68 Å². The molecule has 0 aliphatic carbocycles. The van der Waals surface area contributed by atoms with E-state index < -0.39 is 0 Å². The van der Waals surface area contributed by atoms with Gasteiger partial charge in [0, 0.05) is 32.2 Å². The van der Waals surface area contributed by atoms with Crippen LogP contribution in [0.5, 0.6) is 0 Å². The van der Waals surface area contributed by atoms with Gasteiger partial charge in [-0.2, -0.15) is 5.10 Å². The minimum Gasteiger partial charge on any atom is -0.380 e. The molecule has 0 amide bonds. The lowest BCUT2D eigenvalue weighted by Gasteiger charge is -2.38. The van der Waals surface area contributed by atoms with Crippen LogP contribution in [0, 0.1) is 0 Å². The third-order valence-electron chi connectivity index (χ3n) is 4.68. The Labute approximate surface area is 147 Å². The van der Waals surface area contributed by atoms with Gasteiger partial charge in [-0.1, -0.05) is 41.9 Å². The molecule has 2 heterocycles. The van der Waals surface area contributed by atoms with Gasteiger partial charge in [-0.3, -0.25) is 9.69 Å². The zero-order chi connectivity index (χ0) is 17.1. The summed E-state index contributed by atoms with van der Waals surface area (Å²) in [5.41, 5.74) is 1.71. The lowest BCUT2D eigenvalue weighted by atomic mass is 9.97. The number of benzene rings is 1. The molecule has 24 heavy (non-hydrogen) atoms. The van der Waals surface area contributed by atoms with Crippen molar-refractivity contribution < 1.29 is 0 Å². The molecule has 128 valence electrons. The highest BCUT2D eigenvalue weighted by Crippen LogP contribution is 2.24. The number of likely N-dealkylation sites (tertiary alicyclic amines) is 1. The summed E-state index contributed by atoms with van der Waals surface area (Å²) in [5, 5.41) is 7.65. The first-order chi connectivity index (χ1) is 11.5. The number of hydrogen-bond donors (Lipinski definition) is 1. The fraction of sp³-hybridized carbons (Fsp3) is 0.444. The molecule has 1 saturated heterocycles. The van der Waals surface area contributed by atoms with Crippen LogP contribution in [0.1, 0.15) is 25.3 Å². The van der Waals surface area contributed by atoms with Crippen LogP contribution in [0.15, 0.2) is 41.3 Å². The van der Waals surface area contributed by atoms with Crippen molar-refractivity contribution in [1.82, 2.24) is 14.7 Å². The van der Waals surface area contributed by atoms with E-state index >= 15 is 0 Å². The number of aromatic nitrogens is 2. The monoisotopic (exact) mass is 346 g/mol. The van der Waals surface area contributed by atoms with Gasteiger partial charge in [0.2, 0.25) is 0 Å². The molecule has 0 spiro atoms. The van der Waals surface area contributed by atoms with Crippen molar-refractivity contribution in [2.45, 2.75) is 38.4 Å². The molecule has 1 N–H and O–H groups in total. The van der Waals surface area contributed by atoms with E-state index in [1.165, 1.54) is 10.2 Å². The van der Waals surface area contributed by atoms with Crippen molar-refractivity contribution in [2.75, 3.05) is 11.9 Å². The molecule has 0 radical (unpaired) electrons. The van der Waals surface area contributed by atoms with E-state index in [1.807, 2.05) is 6.07 Å². The topological polar surface area (TPSA) is 50.2 Å². The Kier molecular flexibility index (Phi) is 5.21. The lowest BCUT2D eigenvalue weighted by molar-refractivity contribution is 0.144. The van der Waals surface area contributed by atoms with Crippen LogP contribution in [-0.2, 0) is 13.6 Å². The minimum absolute atomic E-state index is 0.215. The van der Waals surface area contributed by atoms with Crippen LogP contribution in [0.3, 0.4) is 0 Å². The number of nitrogens with one attached hydrogen (secondary N) is 1. The Hall–Kier alpha value is -1.85. The molecule has 1 aromatic heterocycles. The molecular weight excluding hydrogens is 324 g/mol. The smallest absolute Gasteiger partial charge is 0.287 e. The van der Waals surface area contributed by atoms with Gasteiger partial charge in [0.15, 0.2) is 0 Å². The third-order valence-corrected chi connectivity index (χ3v) is 5.05. The standard InChI is InChI=1S/C18H23ClN4O/c1-13-10-15(21-16-11-20-22(2)18(24)17(16)19)8-9-23(13)12-14-6-4-3-5-7-14/h3-7,11,13,15,21H,8-10,12H2,1-2H3/t13-,15-/m0/s1. The molecule has 1 fully saturated rings. The van der Waals surface area contributed by atoms with Crippen LogP contribution in [-0.4, -0.2) is 33.3 Å². The highest BCUT2D eigenvalue weighted by atomic mass is 35.5. The maximum absolute atomic E-state index is 11.9. The van der Waals surface area contributed by atoms with Crippen molar-refractivity contribution in [3.63, 3.8) is 0 Å². The van der Waals surface area contributed by atoms with Crippen LogP contribution in [0.4, 0.5) is 5.69 Å². The summed E-state index contributed by atoms with van der Waals surface area (Å²) in [5.74, 6) is 0. The predicted molar refractivity (Wildman–Crippen MR) is 97.4 cm³/mol. The fourth-order valence-electron chi connectivity index (χ4n) is 3.24. The van der Waals surface area contributed by atoms with E-state index in [0.717, 1.165) is 25.9 Å². The molecule has 0 unspecified atom stereocenters. The number of rotatable bonds is 4. The van der Waals surface area contributed by atoms with Crippen molar-refractivity contribution in [3.05, 3.63) is 57.5 Å². The first-order valence-electron chi connectivity index (χ1n) is 8.31. The first-order valence-corrected chi connectivity index (χ1v) is 8.68. The quantitative estimate of drug-likeness (QED) is 0.924. The Morgan fingerprint density at radius 3 is 2.79 bits per heavy atom. The zero-order valence-corrected chi connectivity index (χ0v) is 14.8. The lowest BCUT2D eigenvalue weighted by Crippen LogP contribution is -2.44. The van der Waals surface area contributed by atoms with E-state index in [-0.39, 0.29) is 10.6 Å². The normalized spacial score (nSPS) is 21.6. The highest BCUT2D eigenvalue weighted by Gasteiger charge is 2.26. The van der Waals surface area contributed by atoms with Gasteiger partial charge in [-0.15, -0.1) is 0 Å². The molecule has 5 nitrogen and oxygen atoms in total. The largest absolute Gasteiger partial charge is 0.380 e. The van der Waals surface area contributed by atoms with Gasteiger partial charge in [0.25, 0.3) is 5.56 Å². The fourth-order valence-corrected chi connectivity index (χ4v) is 3.46. The van der Waals surface area contributed by atoms with E-state index in [4.69, 9.17) is 11.6 Å². The summed E-state index contributed by atoms with van der Waals surface area (Å²) in [4.78, 5) is 14.4. The Bertz CT molecular complexity index is 746. The summed E-state index contributed by atoms with van der Waals surface area (Å²) in [7, 11) is 1.60. The second kappa shape index (κ2) is 7.36. The van der Waals surface area contributed by atoms with Crippen LogP contribution < -0.4 is 10.9 Å². The maximum Gasteiger partial charge on any atom is 0.287 e. The summed E-state index contributed by atoms with van der Waals surface area (Å²) in [6, 6.07) is 11.3. The van der Waals surface area contributed by atoms with E-state index in [2.05, 4.69) is 46.5 Å². The van der Waals surface area contributed by atoms with Gasteiger partial charge in [-0.05, 0) is 25.3 Å². The maximum atomic E-state index is 11.9. The van der Waals surface area contributed by atoms with Crippen molar-refractivity contribution >= 4 is 17.3 Å². The Balaban J connectivity index is 1.62. The molecule has 2 aromatic rings. The second-order valence-corrected chi connectivity index (χ2v) is 6.85. The van der Waals surface area contributed by atoms with Crippen LogP contribution in [0.2, 0.25) is 5.02 Å². The SMILES string of the molecule is C[C@H]1C[C@@H](Nc2cnn(C)c(=O)c2Cl)CCN1Cc1ccccc1. The molecule has 1 aliphatic rings. The molecule has 1 aromatic carbocycles. The van der Waals surface area contributed by atoms with Crippen molar-refractivity contribution in [1.29, 1.82) is 0 Å². The number of nitrogens with zero attached hydrogens (tertiary/aromatic N) is 3. The average Bonchev–Trinajstić information content (AvgIpc) is 2.59. The number of piperidine rings is 1. The van der Waals surface area contributed by atoms with E-state index in [1.54, 1.807) is 13.2 Å². The summed E-state index contributed by atoms with van der Waals surface area (Å²) in [6.07, 6.45) is 3.66. The molecule has 0 saturated carbocycles. The Morgan fingerprint density at radius 1 is 1.33 bits per heavy atom. The number of anilines is 1. The summed E-state index contributed by atoms with van der Waals surface area (Å²) in [6.45, 7) is 4.24. The number of aryl methyl sites for hydroxylation is 1. The van der Waals surface area contributed by atoms with Crippen LogP contribution in [0.25, 0.3) is 0 Å². The highest BCUT2D eigenvalue weighted by molar-refractivity contribution is 6.32. The molecule has 0 bridgehead atoms. The summed E-state index contributed by atoms with van der Waals surface area (Å²) >= 11 is 6.14. The molecule has 2 atom stereocenters. The van der Waals surface area contributed by atoms with Gasteiger partial charge in [0.05, 0.1) is 11.9 Å². The van der Waals surface area contributed by atoms with Crippen molar-refractivity contribution in [2.24, 2.45) is 7.05 Å². The second-order valence-electron chi connectivity index (χ2n) is 6.47.